The molecule has 3 nitrogen and oxygen atoms in total. The van der Waals surface area contributed by atoms with E-state index in [0.717, 1.165) is 32.8 Å². The maximum atomic E-state index is 5.20. The fourth-order valence-corrected chi connectivity index (χ4v) is 1.60. The van der Waals surface area contributed by atoms with E-state index in [2.05, 4.69) is 17.3 Å². The first-order chi connectivity index (χ1) is 4.83. The molecule has 2 rings (SSSR count). The summed E-state index contributed by atoms with van der Waals surface area (Å²) in [5.41, 5.74) is 0.359. The number of rotatable bonds is 0. The molecule has 2 fully saturated rings. The maximum Gasteiger partial charge on any atom is 0.0802 e. The molecule has 1 N–H and O–H groups in total. The van der Waals surface area contributed by atoms with Crippen LogP contribution < -0.4 is 5.32 Å². The van der Waals surface area contributed by atoms with Crippen LogP contribution in [0.3, 0.4) is 0 Å². The minimum atomic E-state index is 0. The van der Waals surface area contributed by atoms with Crippen molar-refractivity contribution in [2.75, 3.05) is 39.9 Å². The zero-order chi connectivity index (χ0) is 7.03. The van der Waals surface area contributed by atoms with Gasteiger partial charge in [-0.25, -0.2) is 0 Å². The smallest absolute Gasteiger partial charge is 0.0802 e. The van der Waals surface area contributed by atoms with E-state index in [-0.39, 0.29) is 12.4 Å². The molecular weight excluding hydrogens is 164 g/mol. The normalized spacial score (nSPS) is 29.2. The van der Waals surface area contributed by atoms with Crippen LogP contribution in [0.25, 0.3) is 0 Å². The molecule has 0 aromatic carbocycles. The zero-order valence-corrected chi connectivity index (χ0v) is 7.62. The van der Waals surface area contributed by atoms with Crippen LogP contribution in [-0.2, 0) is 4.74 Å². The number of likely N-dealkylation sites (N-methyl/N-ethyl adjacent to an activating group) is 1. The lowest BCUT2D eigenvalue weighted by Gasteiger charge is -2.51. The van der Waals surface area contributed by atoms with Gasteiger partial charge in [0.2, 0.25) is 0 Å². The third-order valence-corrected chi connectivity index (χ3v) is 2.63. The largest absolute Gasteiger partial charge is 0.377 e. The van der Waals surface area contributed by atoms with Crippen molar-refractivity contribution in [2.24, 2.45) is 0 Å². The van der Waals surface area contributed by atoms with Gasteiger partial charge in [0.15, 0.2) is 0 Å². The topological polar surface area (TPSA) is 24.5 Å². The summed E-state index contributed by atoms with van der Waals surface area (Å²) < 4.78 is 5.20. The van der Waals surface area contributed by atoms with E-state index in [0.29, 0.717) is 5.54 Å². The van der Waals surface area contributed by atoms with E-state index in [4.69, 9.17) is 4.74 Å². The lowest BCUT2D eigenvalue weighted by Crippen LogP contribution is -2.69. The molecule has 2 saturated heterocycles. The maximum absolute atomic E-state index is 5.20. The van der Waals surface area contributed by atoms with Gasteiger partial charge in [-0.05, 0) is 7.05 Å². The predicted octanol–water partition coefficient (Wildman–Crippen LogP) is -0.288. The van der Waals surface area contributed by atoms with E-state index in [1.165, 1.54) is 0 Å². The summed E-state index contributed by atoms with van der Waals surface area (Å²) in [4.78, 5) is 2.41. The summed E-state index contributed by atoms with van der Waals surface area (Å²) in [7, 11) is 2.18. The average Bonchev–Trinajstić information content (AvgIpc) is 1.85. The first kappa shape index (κ1) is 9.26. The fraction of sp³-hybridized carbons (Fsp3) is 1.00. The van der Waals surface area contributed by atoms with Crippen LogP contribution in [0.5, 0.6) is 0 Å². The zero-order valence-electron chi connectivity index (χ0n) is 6.80. The predicted molar refractivity (Wildman–Crippen MR) is 46.3 cm³/mol. The van der Waals surface area contributed by atoms with Gasteiger partial charge < -0.3 is 10.1 Å². The minimum Gasteiger partial charge on any atom is -0.377 e. The first-order valence-electron chi connectivity index (χ1n) is 3.83. The second kappa shape index (κ2) is 3.27. The molecule has 2 aliphatic heterocycles. The molecule has 0 atom stereocenters. The monoisotopic (exact) mass is 178 g/mol. The summed E-state index contributed by atoms with van der Waals surface area (Å²) >= 11 is 0. The van der Waals surface area contributed by atoms with E-state index in [1.54, 1.807) is 0 Å². The lowest BCUT2D eigenvalue weighted by atomic mass is 9.93. The molecule has 0 radical (unpaired) electrons. The Morgan fingerprint density at radius 2 is 2.18 bits per heavy atom. The summed E-state index contributed by atoms with van der Waals surface area (Å²) in [6, 6.07) is 0. The molecular formula is C7H15ClN2O. The average molecular weight is 179 g/mol. The lowest BCUT2D eigenvalue weighted by molar-refractivity contribution is -0.139. The summed E-state index contributed by atoms with van der Waals surface area (Å²) in [5, 5.41) is 3.39. The third kappa shape index (κ3) is 1.38. The van der Waals surface area contributed by atoms with Gasteiger partial charge in [-0.3, -0.25) is 4.90 Å². The number of halogens is 1. The highest BCUT2D eigenvalue weighted by atomic mass is 35.5. The Morgan fingerprint density at radius 1 is 1.45 bits per heavy atom. The summed E-state index contributed by atoms with van der Waals surface area (Å²) in [5.74, 6) is 0. The van der Waals surface area contributed by atoms with Crippen molar-refractivity contribution in [3.8, 4) is 0 Å². The van der Waals surface area contributed by atoms with Crippen molar-refractivity contribution < 1.29 is 4.74 Å². The van der Waals surface area contributed by atoms with Crippen LogP contribution in [0.15, 0.2) is 0 Å². The van der Waals surface area contributed by atoms with Crippen molar-refractivity contribution in [2.45, 2.75) is 5.54 Å². The highest BCUT2D eigenvalue weighted by molar-refractivity contribution is 5.85. The summed E-state index contributed by atoms with van der Waals surface area (Å²) in [6.07, 6.45) is 0. The second-order valence-corrected chi connectivity index (χ2v) is 3.32. The number of ether oxygens (including phenoxy) is 1. The van der Waals surface area contributed by atoms with Gasteiger partial charge in [0.05, 0.1) is 18.8 Å². The van der Waals surface area contributed by atoms with Gasteiger partial charge in [0.25, 0.3) is 0 Å². The van der Waals surface area contributed by atoms with Crippen LogP contribution in [0, 0.1) is 0 Å². The molecule has 0 aliphatic carbocycles. The van der Waals surface area contributed by atoms with Crippen molar-refractivity contribution in [3.63, 3.8) is 0 Å². The van der Waals surface area contributed by atoms with Crippen LogP contribution in [-0.4, -0.2) is 50.3 Å². The highest BCUT2D eigenvalue weighted by Crippen LogP contribution is 2.24. The van der Waals surface area contributed by atoms with Gasteiger partial charge >= 0.3 is 0 Å². The number of hydrogen-bond donors (Lipinski definition) is 1. The molecule has 0 aromatic heterocycles. The number of piperazine rings is 1. The van der Waals surface area contributed by atoms with Crippen molar-refractivity contribution in [1.82, 2.24) is 10.2 Å². The molecule has 1 spiro atoms. The molecule has 2 aliphatic rings. The Hall–Kier alpha value is 0.170. The van der Waals surface area contributed by atoms with E-state index in [9.17, 15) is 0 Å². The number of nitrogens with one attached hydrogen (secondary N) is 1. The van der Waals surface area contributed by atoms with Crippen LogP contribution in [0.4, 0.5) is 0 Å². The number of nitrogens with zero attached hydrogens (tertiary/aromatic N) is 1. The molecule has 2 heterocycles. The van der Waals surface area contributed by atoms with Crippen molar-refractivity contribution in [3.05, 3.63) is 0 Å². The molecule has 0 aromatic rings. The molecule has 4 heteroatoms. The Balaban J connectivity index is 0.000000605. The molecule has 11 heavy (non-hydrogen) atoms. The van der Waals surface area contributed by atoms with E-state index < -0.39 is 0 Å². The second-order valence-electron chi connectivity index (χ2n) is 3.32. The SMILES string of the molecule is CN1CCNCC12COC2.Cl. The van der Waals surface area contributed by atoms with Crippen molar-refractivity contribution in [1.29, 1.82) is 0 Å². The molecule has 0 saturated carbocycles. The van der Waals surface area contributed by atoms with Gasteiger partial charge in [0.1, 0.15) is 0 Å². The third-order valence-electron chi connectivity index (χ3n) is 2.63. The molecule has 66 valence electrons. The molecule has 0 bridgehead atoms. The van der Waals surface area contributed by atoms with Gasteiger partial charge in [-0.15, -0.1) is 12.4 Å². The quantitative estimate of drug-likeness (QED) is 0.552. The standard InChI is InChI=1S/C7H14N2O.ClH/c1-9-3-2-8-4-7(9)5-10-6-7;/h8H,2-6H2,1H3;1H. The van der Waals surface area contributed by atoms with E-state index >= 15 is 0 Å². The molecule has 0 unspecified atom stereocenters. The Kier molecular flexibility index (Phi) is 2.75. The highest BCUT2D eigenvalue weighted by Gasteiger charge is 2.43. The minimum absolute atomic E-state index is 0. The Morgan fingerprint density at radius 3 is 2.55 bits per heavy atom. The Bertz CT molecular complexity index is 138. The van der Waals surface area contributed by atoms with Gasteiger partial charge in [-0.1, -0.05) is 0 Å². The fourth-order valence-electron chi connectivity index (χ4n) is 1.60. The van der Waals surface area contributed by atoms with Gasteiger partial charge in [0, 0.05) is 19.6 Å². The van der Waals surface area contributed by atoms with Gasteiger partial charge in [-0.2, -0.15) is 0 Å². The Labute approximate surface area is 73.5 Å². The van der Waals surface area contributed by atoms with Crippen molar-refractivity contribution >= 4 is 12.4 Å². The van der Waals surface area contributed by atoms with Crippen LogP contribution in [0.1, 0.15) is 0 Å². The van der Waals surface area contributed by atoms with E-state index in [1.807, 2.05) is 0 Å². The number of hydrogen-bond acceptors (Lipinski definition) is 3. The first-order valence-corrected chi connectivity index (χ1v) is 3.83. The summed E-state index contributed by atoms with van der Waals surface area (Å²) in [6.45, 7) is 5.21. The van der Waals surface area contributed by atoms with Crippen LogP contribution in [0.2, 0.25) is 0 Å². The van der Waals surface area contributed by atoms with Crippen LogP contribution >= 0.6 is 12.4 Å². The molecule has 0 amide bonds.